The van der Waals surface area contributed by atoms with E-state index in [1.165, 1.54) is 4.90 Å². The van der Waals surface area contributed by atoms with Gasteiger partial charge in [-0.25, -0.2) is 14.7 Å². The second-order valence-electron chi connectivity index (χ2n) is 9.48. The maximum atomic E-state index is 13.2. The molecule has 174 valence electrons. The number of anilines is 2. The lowest BCUT2D eigenvalue weighted by molar-refractivity contribution is 0.0869. The summed E-state index contributed by atoms with van der Waals surface area (Å²) in [5.74, 6) is 1.07. The number of nitrogens with zero attached hydrogens (tertiary/aromatic N) is 2. The van der Waals surface area contributed by atoms with Gasteiger partial charge in [0.05, 0.1) is 16.9 Å². The van der Waals surface area contributed by atoms with E-state index in [-0.39, 0.29) is 11.1 Å². The Morgan fingerprint density at radius 1 is 1.16 bits per heavy atom. The quantitative estimate of drug-likeness (QED) is 0.462. The first-order valence-corrected chi connectivity index (χ1v) is 14.5. The lowest BCUT2D eigenvalue weighted by atomic mass is 10.1. The molecule has 2 aromatic rings. The summed E-state index contributed by atoms with van der Waals surface area (Å²) in [6.07, 6.45) is 2.50. The molecule has 32 heavy (non-hydrogen) atoms. The van der Waals surface area contributed by atoms with Crippen LogP contribution >= 0.6 is 23.2 Å². The van der Waals surface area contributed by atoms with Crippen LogP contribution in [0.25, 0.3) is 0 Å². The average molecular weight is 497 g/mol. The molecule has 2 heterocycles. The number of amides is 1. The minimum atomic E-state index is -2.01. The number of aromatic nitrogens is 1. The number of carbonyl (C=O) groups excluding carboxylic acids is 1. The Hall–Kier alpha value is -1.80. The SMILES string of the molecule is CC(C)(C)[Si](C)(C)Oc1ccc(N(C(=O)OC2CCNCC2)c2ccc(Cl)cc2Cl)nc1. The third-order valence-electron chi connectivity index (χ3n) is 6.02. The van der Waals surface area contributed by atoms with Crippen molar-refractivity contribution >= 4 is 49.1 Å². The Balaban J connectivity index is 1.90. The standard InChI is InChI=1S/C23H31Cl2N3O3Si/c1-23(2,3)32(4,5)31-18-7-9-21(27-15-18)28(20-8-6-16(24)14-19(20)25)22(29)30-17-10-12-26-13-11-17/h6-9,14-15,17,26H,10-13H2,1-5H3. The van der Waals surface area contributed by atoms with Crippen molar-refractivity contribution < 1.29 is 14.0 Å². The first-order valence-electron chi connectivity index (χ1n) is 10.8. The molecule has 9 heteroatoms. The van der Waals surface area contributed by atoms with Crippen LogP contribution in [0.15, 0.2) is 36.5 Å². The fraction of sp³-hybridized carbons (Fsp3) is 0.478. The molecule has 1 N–H and O–H groups in total. The number of nitrogens with one attached hydrogen (secondary N) is 1. The number of piperidine rings is 1. The third-order valence-corrected chi connectivity index (χ3v) is 10.9. The van der Waals surface area contributed by atoms with E-state index < -0.39 is 14.4 Å². The normalized spacial score (nSPS) is 15.3. The highest BCUT2D eigenvalue weighted by molar-refractivity contribution is 6.74. The molecule has 1 fully saturated rings. The highest BCUT2D eigenvalue weighted by Crippen LogP contribution is 2.38. The van der Waals surface area contributed by atoms with Gasteiger partial charge in [0.15, 0.2) is 0 Å². The molecular weight excluding hydrogens is 465 g/mol. The monoisotopic (exact) mass is 495 g/mol. The van der Waals surface area contributed by atoms with Crippen LogP contribution in [0.1, 0.15) is 33.6 Å². The second-order valence-corrected chi connectivity index (χ2v) is 15.0. The van der Waals surface area contributed by atoms with Crippen LogP contribution in [-0.2, 0) is 4.74 Å². The fourth-order valence-electron chi connectivity index (χ4n) is 3.10. The molecule has 0 saturated carbocycles. The zero-order chi connectivity index (χ0) is 23.5. The Labute approximate surface area is 201 Å². The highest BCUT2D eigenvalue weighted by Gasteiger charge is 2.39. The lowest BCUT2D eigenvalue weighted by Gasteiger charge is -2.36. The molecule has 1 amide bonds. The Kier molecular flexibility index (Phi) is 7.75. The topological polar surface area (TPSA) is 63.7 Å². The third kappa shape index (κ3) is 5.95. The zero-order valence-corrected chi connectivity index (χ0v) is 21.8. The highest BCUT2D eigenvalue weighted by atomic mass is 35.5. The first-order chi connectivity index (χ1) is 15.0. The molecule has 6 nitrogen and oxygen atoms in total. The molecule has 0 spiro atoms. The summed E-state index contributed by atoms with van der Waals surface area (Å²) in [6, 6.07) is 8.55. The number of halogens is 2. The molecule has 1 aromatic carbocycles. The van der Waals surface area contributed by atoms with E-state index in [1.54, 1.807) is 30.5 Å². The van der Waals surface area contributed by atoms with Crippen LogP contribution in [0, 0.1) is 0 Å². The molecule has 0 bridgehead atoms. The molecule has 1 aliphatic heterocycles. The summed E-state index contributed by atoms with van der Waals surface area (Å²) in [4.78, 5) is 19.1. The summed E-state index contributed by atoms with van der Waals surface area (Å²) in [6.45, 7) is 12.5. The van der Waals surface area contributed by atoms with Crippen molar-refractivity contribution in [2.45, 2.75) is 57.8 Å². The molecule has 0 unspecified atom stereocenters. The van der Waals surface area contributed by atoms with E-state index in [1.807, 2.05) is 6.07 Å². The molecule has 3 rings (SSSR count). The first kappa shape index (κ1) is 24.8. The van der Waals surface area contributed by atoms with Crippen molar-refractivity contribution in [3.8, 4) is 5.75 Å². The van der Waals surface area contributed by atoms with Crippen molar-refractivity contribution in [3.05, 3.63) is 46.6 Å². The molecular formula is C23H31Cl2N3O3Si. The van der Waals surface area contributed by atoms with Crippen molar-refractivity contribution in [2.75, 3.05) is 18.0 Å². The van der Waals surface area contributed by atoms with Crippen molar-refractivity contribution in [2.24, 2.45) is 0 Å². The summed E-state index contributed by atoms with van der Waals surface area (Å²) in [5.41, 5.74) is 0.459. The van der Waals surface area contributed by atoms with Gasteiger partial charge in [-0.2, -0.15) is 0 Å². The summed E-state index contributed by atoms with van der Waals surface area (Å²) < 4.78 is 12.1. The average Bonchev–Trinajstić information content (AvgIpc) is 2.71. The van der Waals surface area contributed by atoms with E-state index in [0.29, 0.717) is 27.3 Å². The van der Waals surface area contributed by atoms with Gasteiger partial charge in [-0.1, -0.05) is 44.0 Å². The van der Waals surface area contributed by atoms with Crippen LogP contribution in [0.2, 0.25) is 28.2 Å². The van der Waals surface area contributed by atoms with Crippen LogP contribution < -0.4 is 14.6 Å². The number of ether oxygens (including phenoxy) is 1. The smallest absolute Gasteiger partial charge is 0.420 e. The lowest BCUT2D eigenvalue weighted by Crippen LogP contribution is -2.43. The number of benzene rings is 1. The fourth-order valence-corrected chi connectivity index (χ4v) is 4.61. The van der Waals surface area contributed by atoms with Gasteiger partial charge in [0.1, 0.15) is 17.7 Å². The number of hydrogen-bond acceptors (Lipinski definition) is 5. The summed E-state index contributed by atoms with van der Waals surface area (Å²) >= 11 is 12.5. The Morgan fingerprint density at radius 2 is 1.84 bits per heavy atom. The number of carbonyl (C=O) groups is 1. The number of pyridine rings is 1. The van der Waals surface area contributed by atoms with Gasteiger partial charge in [-0.15, -0.1) is 0 Å². The maximum Gasteiger partial charge on any atom is 0.420 e. The summed E-state index contributed by atoms with van der Waals surface area (Å²) in [5, 5.41) is 4.15. The van der Waals surface area contributed by atoms with Gasteiger partial charge < -0.3 is 14.5 Å². The molecule has 1 saturated heterocycles. The van der Waals surface area contributed by atoms with E-state index in [4.69, 9.17) is 32.4 Å². The molecule has 1 aliphatic rings. The Bertz CT molecular complexity index is 942. The molecule has 0 radical (unpaired) electrons. The van der Waals surface area contributed by atoms with Crippen LogP contribution in [0.3, 0.4) is 0 Å². The van der Waals surface area contributed by atoms with E-state index >= 15 is 0 Å². The van der Waals surface area contributed by atoms with Crippen molar-refractivity contribution in [3.63, 3.8) is 0 Å². The summed E-state index contributed by atoms with van der Waals surface area (Å²) in [7, 11) is -2.01. The van der Waals surface area contributed by atoms with Gasteiger partial charge >= 0.3 is 6.09 Å². The van der Waals surface area contributed by atoms with Gasteiger partial charge in [-0.05, 0) is 74.4 Å². The van der Waals surface area contributed by atoms with Crippen LogP contribution in [-0.4, -0.2) is 38.6 Å². The second kappa shape index (κ2) is 9.99. The van der Waals surface area contributed by atoms with Crippen molar-refractivity contribution in [1.82, 2.24) is 10.3 Å². The molecule has 0 aliphatic carbocycles. The van der Waals surface area contributed by atoms with Gasteiger partial charge in [0.25, 0.3) is 8.32 Å². The van der Waals surface area contributed by atoms with E-state index in [9.17, 15) is 4.79 Å². The van der Waals surface area contributed by atoms with Crippen LogP contribution in [0.4, 0.5) is 16.3 Å². The number of hydrogen-bond donors (Lipinski definition) is 1. The zero-order valence-electron chi connectivity index (χ0n) is 19.2. The van der Waals surface area contributed by atoms with Crippen LogP contribution in [0.5, 0.6) is 5.75 Å². The predicted octanol–water partition coefficient (Wildman–Crippen LogP) is 6.80. The molecule has 1 aromatic heterocycles. The minimum Gasteiger partial charge on any atom is -0.542 e. The van der Waals surface area contributed by atoms with Gasteiger partial charge in [0, 0.05) is 5.02 Å². The number of rotatable bonds is 5. The predicted molar refractivity (Wildman–Crippen MR) is 133 cm³/mol. The molecule has 0 atom stereocenters. The van der Waals surface area contributed by atoms with Gasteiger partial charge in [0.2, 0.25) is 0 Å². The van der Waals surface area contributed by atoms with E-state index in [2.05, 4.69) is 44.2 Å². The largest absolute Gasteiger partial charge is 0.542 e. The van der Waals surface area contributed by atoms with Crippen molar-refractivity contribution in [1.29, 1.82) is 0 Å². The maximum absolute atomic E-state index is 13.2. The minimum absolute atomic E-state index is 0.0627. The Morgan fingerprint density at radius 3 is 2.41 bits per heavy atom. The van der Waals surface area contributed by atoms with Gasteiger partial charge in [-0.3, -0.25) is 0 Å². The van der Waals surface area contributed by atoms with E-state index in [0.717, 1.165) is 25.9 Å².